The molecule has 0 fully saturated rings. The third kappa shape index (κ3) is 3.12. The Balaban J connectivity index is 1.60. The van der Waals surface area contributed by atoms with Crippen LogP contribution < -0.4 is 5.73 Å². The summed E-state index contributed by atoms with van der Waals surface area (Å²) in [6.45, 7) is 6.08. The van der Waals surface area contributed by atoms with E-state index in [9.17, 15) is 0 Å². The van der Waals surface area contributed by atoms with Gasteiger partial charge < -0.3 is 10.3 Å². The SMILES string of the molecule is Cc1ccc(-c2ccc(-c3cn4c(n3)CCC(CN)C4)cc2)cc1C. The second-order valence-corrected chi connectivity index (χ2v) is 7.21. The summed E-state index contributed by atoms with van der Waals surface area (Å²) >= 11 is 0. The average Bonchev–Trinajstić information content (AvgIpc) is 3.07. The molecule has 3 aromatic rings. The number of aromatic nitrogens is 2. The molecule has 0 bridgehead atoms. The van der Waals surface area contributed by atoms with Crippen LogP contribution >= 0.6 is 0 Å². The molecule has 2 heterocycles. The van der Waals surface area contributed by atoms with Crippen LogP contribution in [0.4, 0.5) is 0 Å². The number of imidazole rings is 1. The molecule has 0 saturated heterocycles. The molecule has 1 aliphatic rings. The summed E-state index contributed by atoms with van der Waals surface area (Å²) in [6, 6.07) is 15.4. The standard InChI is InChI=1S/C22H25N3/c1-15-3-5-20(11-16(15)2)18-6-8-19(9-7-18)21-14-25-13-17(12-23)4-10-22(25)24-21/h3,5-9,11,14,17H,4,10,12-13,23H2,1-2H3. The average molecular weight is 331 g/mol. The van der Waals surface area contributed by atoms with E-state index in [-0.39, 0.29) is 0 Å². The Morgan fingerprint density at radius 3 is 2.44 bits per heavy atom. The summed E-state index contributed by atoms with van der Waals surface area (Å²) in [5.74, 6) is 1.78. The van der Waals surface area contributed by atoms with E-state index < -0.39 is 0 Å². The molecule has 25 heavy (non-hydrogen) atoms. The summed E-state index contributed by atoms with van der Waals surface area (Å²) in [5.41, 5.74) is 13.3. The van der Waals surface area contributed by atoms with Crippen molar-refractivity contribution in [1.29, 1.82) is 0 Å². The fourth-order valence-electron chi connectivity index (χ4n) is 3.60. The van der Waals surface area contributed by atoms with Crippen molar-refractivity contribution >= 4 is 0 Å². The van der Waals surface area contributed by atoms with Gasteiger partial charge in [-0.3, -0.25) is 0 Å². The van der Waals surface area contributed by atoms with Crippen LogP contribution in [0, 0.1) is 19.8 Å². The highest BCUT2D eigenvalue weighted by Crippen LogP contribution is 2.28. The van der Waals surface area contributed by atoms with Gasteiger partial charge >= 0.3 is 0 Å². The van der Waals surface area contributed by atoms with Gasteiger partial charge in [-0.25, -0.2) is 4.98 Å². The number of benzene rings is 2. The lowest BCUT2D eigenvalue weighted by atomic mass is 9.99. The number of nitrogens with zero attached hydrogens (tertiary/aromatic N) is 2. The molecule has 0 spiro atoms. The molecule has 0 saturated carbocycles. The van der Waals surface area contributed by atoms with Crippen molar-refractivity contribution in [3.05, 3.63) is 65.6 Å². The number of nitrogens with two attached hydrogens (primary N) is 1. The fraction of sp³-hybridized carbons (Fsp3) is 0.318. The Bertz CT molecular complexity index is 890. The van der Waals surface area contributed by atoms with E-state index in [2.05, 4.69) is 67.1 Å². The Kier molecular flexibility index (Phi) is 4.18. The van der Waals surface area contributed by atoms with Gasteiger partial charge in [-0.2, -0.15) is 0 Å². The number of fused-ring (bicyclic) bond motifs is 1. The minimum atomic E-state index is 0.585. The monoisotopic (exact) mass is 331 g/mol. The van der Waals surface area contributed by atoms with Crippen LogP contribution in [-0.2, 0) is 13.0 Å². The summed E-state index contributed by atoms with van der Waals surface area (Å²) in [6.07, 6.45) is 4.36. The van der Waals surface area contributed by atoms with Gasteiger partial charge in [0.1, 0.15) is 5.82 Å². The predicted molar refractivity (Wildman–Crippen MR) is 103 cm³/mol. The van der Waals surface area contributed by atoms with Crippen LogP contribution in [0.1, 0.15) is 23.4 Å². The van der Waals surface area contributed by atoms with Gasteiger partial charge in [0.25, 0.3) is 0 Å². The van der Waals surface area contributed by atoms with Crippen LogP contribution in [0.5, 0.6) is 0 Å². The van der Waals surface area contributed by atoms with Crippen molar-refractivity contribution in [2.75, 3.05) is 6.54 Å². The van der Waals surface area contributed by atoms with E-state index >= 15 is 0 Å². The molecule has 3 heteroatoms. The highest BCUT2D eigenvalue weighted by atomic mass is 15.1. The summed E-state index contributed by atoms with van der Waals surface area (Å²) in [5, 5.41) is 0. The summed E-state index contributed by atoms with van der Waals surface area (Å²) < 4.78 is 2.29. The quantitative estimate of drug-likeness (QED) is 0.775. The number of hydrogen-bond acceptors (Lipinski definition) is 2. The maximum atomic E-state index is 5.84. The maximum absolute atomic E-state index is 5.84. The van der Waals surface area contributed by atoms with E-state index in [1.54, 1.807) is 0 Å². The van der Waals surface area contributed by atoms with Crippen LogP contribution in [0.15, 0.2) is 48.7 Å². The molecule has 1 aromatic heterocycles. The van der Waals surface area contributed by atoms with Gasteiger partial charge in [-0.1, -0.05) is 42.5 Å². The van der Waals surface area contributed by atoms with Crippen molar-refractivity contribution < 1.29 is 0 Å². The van der Waals surface area contributed by atoms with Gasteiger partial charge in [0.15, 0.2) is 0 Å². The van der Waals surface area contributed by atoms with Crippen LogP contribution in [0.2, 0.25) is 0 Å². The number of rotatable bonds is 3. The van der Waals surface area contributed by atoms with Crippen molar-refractivity contribution in [1.82, 2.24) is 9.55 Å². The van der Waals surface area contributed by atoms with Gasteiger partial charge in [0, 0.05) is 24.7 Å². The van der Waals surface area contributed by atoms with Gasteiger partial charge in [-0.05, 0) is 55.0 Å². The Hall–Kier alpha value is -2.39. The Labute approximate surface area is 149 Å². The number of hydrogen-bond donors (Lipinski definition) is 1. The molecule has 128 valence electrons. The molecular formula is C22H25N3. The molecule has 0 amide bonds. The predicted octanol–water partition coefficient (Wildman–Crippen LogP) is 4.36. The molecule has 1 unspecified atom stereocenters. The molecule has 1 atom stereocenters. The third-order valence-electron chi connectivity index (χ3n) is 5.44. The Morgan fingerprint density at radius 2 is 1.72 bits per heavy atom. The van der Waals surface area contributed by atoms with Crippen LogP contribution in [0.25, 0.3) is 22.4 Å². The van der Waals surface area contributed by atoms with Crippen molar-refractivity contribution in [3.8, 4) is 22.4 Å². The zero-order chi connectivity index (χ0) is 17.4. The van der Waals surface area contributed by atoms with Gasteiger partial charge in [-0.15, -0.1) is 0 Å². The molecule has 2 aromatic carbocycles. The number of aryl methyl sites for hydroxylation is 3. The third-order valence-corrected chi connectivity index (χ3v) is 5.44. The van der Waals surface area contributed by atoms with Crippen molar-refractivity contribution in [2.24, 2.45) is 11.7 Å². The largest absolute Gasteiger partial charge is 0.334 e. The first-order chi connectivity index (χ1) is 12.1. The van der Waals surface area contributed by atoms with Crippen LogP contribution in [0.3, 0.4) is 0 Å². The zero-order valence-corrected chi connectivity index (χ0v) is 15.0. The first kappa shape index (κ1) is 16.1. The second kappa shape index (κ2) is 6.49. The summed E-state index contributed by atoms with van der Waals surface area (Å²) in [7, 11) is 0. The van der Waals surface area contributed by atoms with Crippen molar-refractivity contribution in [2.45, 2.75) is 33.2 Å². The summed E-state index contributed by atoms with van der Waals surface area (Å²) in [4.78, 5) is 4.84. The smallest absolute Gasteiger partial charge is 0.109 e. The topological polar surface area (TPSA) is 43.8 Å². The molecule has 3 nitrogen and oxygen atoms in total. The lowest BCUT2D eigenvalue weighted by Gasteiger charge is -2.21. The first-order valence-electron chi connectivity index (χ1n) is 9.08. The molecule has 0 aliphatic carbocycles. The lowest BCUT2D eigenvalue weighted by molar-refractivity contribution is 0.373. The lowest BCUT2D eigenvalue weighted by Crippen LogP contribution is -2.25. The maximum Gasteiger partial charge on any atom is 0.109 e. The molecule has 4 rings (SSSR count). The van der Waals surface area contributed by atoms with E-state index in [0.717, 1.165) is 31.6 Å². The fourth-order valence-corrected chi connectivity index (χ4v) is 3.60. The molecular weight excluding hydrogens is 306 g/mol. The minimum absolute atomic E-state index is 0.585. The second-order valence-electron chi connectivity index (χ2n) is 7.21. The van der Waals surface area contributed by atoms with E-state index in [1.807, 2.05) is 0 Å². The van der Waals surface area contributed by atoms with Crippen molar-refractivity contribution in [3.63, 3.8) is 0 Å². The molecule has 2 N–H and O–H groups in total. The van der Waals surface area contributed by atoms with Gasteiger partial charge in [0.2, 0.25) is 0 Å². The highest BCUT2D eigenvalue weighted by molar-refractivity contribution is 5.69. The van der Waals surface area contributed by atoms with E-state index in [1.165, 1.54) is 33.6 Å². The van der Waals surface area contributed by atoms with Crippen LogP contribution in [-0.4, -0.2) is 16.1 Å². The first-order valence-corrected chi connectivity index (χ1v) is 9.08. The normalized spacial score (nSPS) is 16.7. The molecule has 0 radical (unpaired) electrons. The van der Waals surface area contributed by atoms with Gasteiger partial charge in [0.05, 0.1) is 5.69 Å². The van der Waals surface area contributed by atoms with E-state index in [0.29, 0.717) is 5.92 Å². The minimum Gasteiger partial charge on any atom is -0.334 e. The van der Waals surface area contributed by atoms with E-state index in [4.69, 9.17) is 10.7 Å². The zero-order valence-electron chi connectivity index (χ0n) is 15.0. The highest BCUT2D eigenvalue weighted by Gasteiger charge is 2.19. The molecule has 1 aliphatic heterocycles. The Morgan fingerprint density at radius 1 is 1.00 bits per heavy atom.